The van der Waals surface area contributed by atoms with Crippen LogP contribution >= 0.6 is 0 Å². The highest BCUT2D eigenvalue weighted by Crippen LogP contribution is 2.29. The van der Waals surface area contributed by atoms with Crippen LogP contribution in [0.15, 0.2) is 24.3 Å². The van der Waals surface area contributed by atoms with Crippen molar-refractivity contribution >= 4 is 23.7 Å². The molecule has 2 heterocycles. The van der Waals surface area contributed by atoms with Gasteiger partial charge in [-0.25, -0.2) is 13.6 Å². The number of nitrogens with zero attached hydrogens (tertiary/aromatic N) is 3. The zero-order chi connectivity index (χ0) is 19.9. The Morgan fingerprint density at radius 3 is 2.56 bits per heavy atom. The number of carbonyl (C=O) groups is 3. The van der Waals surface area contributed by atoms with Gasteiger partial charge in [0.05, 0.1) is 5.69 Å². The number of nitrogens with one attached hydrogen (secondary N) is 2. The summed E-state index contributed by atoms with van der Waals surface area (Å²) in [4.78, 5) is 37.9. The number of aryl methyl sites for hydroxylation is 2. The van der Waals surface area contributed by atoms with Crippen molar-refractivity contribution in [3.8, 4) is 0 Å². The number of rotatable bonds is 4. The van der Waals surface area contributed by atoms with Gasteiger partial charge in [-0.05, 0) is 31.5 Å². The molecular weight excluding hydrogens is 360 g/mol. The van der Waals surface area contributed by atoms with Crippen molar-refractivity contribution in [1.82, 2.24) is 20.0 Å². The first-order chi connectivity index (χ1) is 12.6. The Bertz CT molecular complexity index is 958. The zero-order valence-corrected chi connectivity index (χ0v) is 14.8. The fourth-order valence-electron chi connectivity index (χ4n) is 2.90. The van der Waals surface area contributed by atoms with Gasteiger partial charge in [-0.3, -0.25) is 19.2 Å². The average Bonchev–Trinajstić information content (AvgIpc) is 3.01. The number of amides is 4. The number of benzene rings is 1. The van der Waals surface area contributed by atoms with Crippen molar-refractivity contribution in [3.63, 3.8) is 0 Å². The molecular formula is C17H17F2N5O3. The van der Waals surface area contributed by atoms with Crippen LogP contribution in [0.1, 0.15) is 18.2 Å². The van der Waals surface area contributed by atoms with Gasteiger partial charge in [0, 0.05) is 13.1 Å². The molecule has 1 unspecified atom stereocenters. The molecule has 2 aromatic rings. The van der Waals surface area contributed by atoms with Gasteiger partial charge in [0.2, 0.25) is 5.91 Å². The molecule has 10 heteroatoms. The van der Waals surface area contributed by atoms with E-state index in [1.54, 1.807) is 20.0 Å². The zero-order valence-electron chi connectivity index (χ0n) is 14.8. The van der Waals surface area contributed by atoms with Crippen LogP contribution in [0, 0.1) is 18.6 Å². The van der Waals surface area contributed by atoms with Crippen LogP contribution in [0.2, 0.25) is 0 Å². The second kappa shape index (κ2) is 6.45. The minimum absolute atomic E-state index is 0.0740. The number of carbonyl (C=O) groups excluding carboxylic acids is 3. The van der Waals surface area contributed by atoms with Crippen molar-refractivity contribution in [2.24, 2.45) is 7.05 Å². The topological polar surface area (TPSA) is 96.3 Å². The van der Waals surface area contributed by atoms with Gasteiger partial charge in [-0.2, -0.15) is 5.10 Å². The third-order valence-electron chi connectivity index (χ3n) is 4.34. The smallest absolute Gasteiger partial charge is 0.319 e. The summed E-state index contributed by atoms with van der Waals surface area (Å²) >= 11 is 0. The van der Waals surface area contributed by atoms with Crippen LogP contribution < -0.4 is 10.6 Å². The first-order valence-electron chi connectivity index (χ1n) is 8.02. The van der Waals surface area contributed by atoms with E-state index < -0.39 is 41.6 Å². The molecule has 1 atom stereocenters. The Balaban J connectivity index is 1.78. The Hall–Kier alpha value is -3.30. The summed E-state index contributed by atoms with van der Waals surface area (Å²) in [7, 11) is 1.64. The maximum Gasteiger partial charge on any atom is 0.325 e. The molecule has 142 valence electrons. The summed E-state index contributed by atoms with van der Waals surface area (Å²) in [6, 6.07) is 3.75. The molecule has 1 aliphatic heterocycles. The quantitative estimate of drug-likeness (QED) is 0.788. The molecule has 1 saturated heterocycles. The second-order valence-electron chi connectivity index (χ2n) is 6.42. The molecule has 3 rings (SSSR count). The lowest BCUT2D eigenvalue weighted by Crippen LogP contribution is -2.42. The molecule has 0 saturated carbocycles. The van der Waals surface area contributed by atoms with E-state index in [4.69, 9.17) is 0 Å². The maximum absolute atomic E-state index is 13.5. The van der Waals surface area contributed by atoms with Crippen molar-refractivity contribution in [2.75, 3.05) is 11.9 Å². The highest BCUT2D eigenvalue weighted by atomic mass is 19.2. The van der Waals surface area contributed by atoms with Gasteiger partial charge >= 0.3 is 6.03 Å². The van der Waals surface area contributed by atoms with Crippen LogP contribution in [0.5, 0.6) is 0 Å². The molecule has 0 aliphatic carbocycles. The lowest BCUT2D eigenvalue weighted by molar-refractivity contribution is -0.133. The normalized spacial score (nSPS) is 19.4. The number of urea groups is 1. The van der Waals surface area contributed by atoms with E-state index in [-0.39, 0.29) is 5.56 Å². The van der Waals surface area contributed by atoms with Gasteiger partial charge < -0.3 is 10.6 Å². The van der Waals surface area contributed by atoms with Crippen LogP contribution in [0.25, 0.3) is 0 Å². The van der Waals surface area contributed by atoms with Crippen molar-refractivity contribution in [1.29, 1.82) is 0 Å². The van der Waals surface area contributed by atoms with E-state index in [2.05, 4.69) is 15.7 Å². The number of aromatic nitrogens is 2. The SMILES string of the molecule is Cc1cc(NC(=O)CN2C(=O)NC(C)(c3ccc(F)c(F)c3)C2=O)n(C)n1. The summed E-state index contributed by atoms with van der Waals surface area (Å²) in [6.07, 6.45) is 0. The molecule has 1 aliphatic rings. The standard InChI is InChI=1S/C17H17F2N5O3/c1-9-6-13(23(3)22-9)20-14(25)8-24-15(26)17(2,21-16(24)27)10-4-5-11(18)12(19)7-10/h4-7H,8H2,1-3H3,(H,20,25)(H,21,27). The van der Waals surface area contributed by atoms with Gasteiger partial charge in [-0.1, -0.05) is 6.07 Å². The fourth-order valence-corrected chi connectivity index (χ4v) is 2.90. The van der Waals surface area contributed by atoms with Gasteiger partial charge in [0.1, 0.15) is 17.9 Å². The lowest BCUT2D eigenvalue weighted by Gasteiger charge is -2.22. The Morgan fingerprint density at radius 2 is 1.96 bits per heavy atom. The first kappa shape index (κ1) is 18.5. The largest absolute Gasteiger partial charge is 0.325 e. The minimum Gasteiger partial charge on any atom is -0.319 e. The summed E-state index contributed by atoms with van der Waals surface area (Å²) in [5, 5.41) is 9.07. The summed E-state index contributed by atoms with van der Waals surface area (Å²) in [5.74, 6) is -3.14. The van der Waals surface area contributed by atoms with Crippen LogP contribution in [0.4, 0.5) is 19.4 Å². The Morgan fingerprint density at radius 1 is 1.26 bits per heavy atom. The highest BCUT2D eigenvalue weighted by molar-refractivity contribution is 6.10. The first-order valence-corrected chi connectivity index (χ1v) is 8.02. The third-order valence-corrected chi connectivity index (χ3v) is 4.34. The second-order valence-corrected chi connectivity index (χ2v) is 6.42. The molecule has 27 heavy (non-hydrogen) atoms. The predicted molar refractivity (Wildman–Crippen MR) is 90.5 cm³/mol. The summed E-state index contributed by atoms with van der Waals surface area (Å²) in [6.45, 7) is 2.58. The number of halogens is 2. The van der Waals surface area contributed by atoms with Crippen LogP contribution in [0.3, 0.4) is 0 Å². The van der Waals surface area contributed by atoms with Crippen LogP contribution in [-0.2, 0) is 22.2 Å². The van der Waals surface area contributed by atoms with E-state index in [1.165, 1.54) is 17.7 Å². The number of imide groups is 1. The van der Waals surface area contributed by atoms with E-state index >= 15 is 0 Å². The van der Waals surface area contributed by atoms with Crippen LogP contribution in [-0.4, -0.2) is 39.1 Å². The Labute approximate surface area is 153 Å². The van der Waals surface area contributed by atoms with E-state index in [0.717, 1.165) is 17.0 Å². The van der Waals surface area contributed by atoms with Crippen molar-refractivity contribution < 1.29 is 23.2 Å². The molecule has 0 radical (unpaired) electrons. The van der Waals surface area contributed by atoms with E-state index in [1.807, 2.05) is 0 Å². The monoisotopic (exact) mass is 377 g/mol. The molecule has 8 nitrogen and oxygen atoms in total. The molecule has 1 fully saturated rings. The number of hydrogen-bond acceptors (Lipinski definition) is 4. The van der Waals surface area contributed by atoms with E-state index in [9.17, 15) is 23.2 Å². The minimum atomic E-state index is -1.60. The Kier molecular flexibility index (Phi) is 4.42. The number of anilines is 1. The molecule has 1 aromatic carbocycles. The molecule has 2 N–H and O–H groups in total. The van der Waals surface area contributed by atoms with Crippen molar-refractivity contribution in [3.05, 3.63) is 47.2 Å². The van der Waals surface area contributed by atoms with Gasteiger partial charge in [-0.15, -0.1) is 0 Å². The third kappa shape index (κ3) is 3.25. The lowest BCUT2D eigenvalue weighted by atomic mass is 9.92. The molecule has 1 aromatic heterocycles. The molecule has 0 spiro atoms. The fraction of sp³-hybridized carbons (Fsp3) is 0.294. The summed E-state index contributed by atoms with van der Waals surface area (Å²) in [5.41, 5.74) is -0.840. The molecule has 4 amide bonds. The molecule has 0 bridgehead atoms. The highest BCUT2D eigenvalue weighted by Gasteiger charge is 2.49. The van der Waals surface area contributed by atoms with Gasteiger partial charge in [0.25, 0.3) is 5.91 Å². The van der Waals surface area contributed by atoms with E-state index in [0.29, 0.717) is 11.5 Å². The maximum atomic E-state index is 13.5. The van der Waals surface area contributed by atoms with Crippen molar-refractivity contribution in [2.45, 2.75) is 19.4 Å². The average molecular weight is 377 g/mol. The predicted octanol–water partition coefficient (Wildman–Crippen LogP) is 1.41. The summed E-state index contributed by atoms with van der Waals surface area (Å²) < 4.78 is 28.1. The van der Waals surface area contributed by atoms with Gasteiger partial charge in [0.15, 0.2) is 11.6 Å². The number of hydrogen-bond donors (Lipinski definition) is 2.